The Hall–Kier alpha value is -2.83. The molecule has 0 aromatic carbocycles. The van der Waals surface area contributed by atoms with Gasteiger partial charge in [0.05, 0.1) is 12.3 Å². The Balaban J connectivity index is 0. The van der Waals surface area contributed by atoms with Crippen LogP contribution in [-0.2, 0) is 19.1 Å². The average Bonchev–Trinajstić information content (AvgIpc) is 2.76. The zero-order chi connectivity index (χ0) is 24.9. The standard InChI is InChI=1S/C23H36N2O5.C2H6/c1-6-11-22(27)25(5)16-9-8-13-21(26)24-19(4)20(12-10-14-23(28)29)30-17-15-18(3)7-2;1-2/h6,10-12,14,18H,4,7-9,13,15-17H2,1-3,5H3,(H,24,26)(H,28,29);1-2H3/b11-6-,14-10+,20-12+;. The first-order valence-corrected chi connectivity index (χ1v) is 11.3. The summed E-state index contributed by atoms with van der Waals surface area (Å²) in [5.74, 6) is -0.504. The molecule has 7 nitrogen and oxygen atoms in total. The minimum absolute atomic E-state index is 0.0611. The van der Waals surface area contributed by atoms with Gasteiger partial charge in [-0.05, 0) is 44.3 Å². The highest BCUT2D eigenvalue weighted by Gasteiger charge is 2.10. The van der Waals surface area contributed by atoms with Gasteiger partial charge in [0.15, 0.2) is 0 Å². The molecule has 7 heteroatoms. The van der Waals surface area contributed by atoms with Crippen LogP contribution < -0.4 is 5.32 Å². The monoisotopic (exact) mass is 450 g/mol. The van der Waals surface area contributed by atoms with Gasteiger partial charge in [0, 0.05) is 26.1 Å². The molecule has 182 valence electrons. The Morgan fingerprint density at radius 2 is 1.84 bits per heavy atom. The van der Waals surface area contributed by atoms with Crippen molar-refractivity contribution >= 4 is 17.8 Å². The fourth-order valence-corrected chi connectivity index (χ4v) is 2.33. The van der Waals surface area contributed by atoms with Gasteiger partial charge in [-0.25, -0.2) is 4.79 Å². The predicted molar refractivity (Wildman–Crippen MR) is 130 cm³/mol. The normalized spacial score (nSPS) is 12.1. The quantitative estimate of drug-likeness (QED) is 0.161. The summed E-state index contributed by atoms with van der Waals surface area (Å²) >= 11 is 0. The number of rotatable bonds is 15. The zero-order valence-electron chi connectivity index (χ0n) is 20.6. The van der Waals surface area contributed by atoms with Crippen LogP contribution in [0.1, 0.15) is 66.7 Å². The molecule has 0 spiro atoms. The molecule has 2 N–H and O–H groups in total. The molecule has 1 atom stereocenters. The Morgan fingerprint density at radius 3 is 2.41 bits per heavy atom. The zero-order valence-corrected chi connectivity index (χ0v) is 20.6. The topological polar surface area (TPSA) is 95.9 Å². The third-order valence-corrected chi connectivity index (χ3v) is 4.47. The van der Waals surface area contributed by atoms with Crippen LogP contribution in [0, 0.1) is 5.92 Å². The Kier molecular flexibility index (Phi) is 19.7. The van der Waals surface area contributed by atoms with Crippen molar-refractivity contribution < 1.29 is 24.2 Å². The number of ether oxygens (including phenoxy) is 1. The Bertz CT molecular complexity index is 665. The number of carboxylic acids is 1. The number of likely N-dealkylation sites (N-methyl/N-ethyl adjacent to an activating group) is 1. The van der Waals surface area contributed by atoms with Gasteiger partial charge in [-0.2, -0.15) is 0 Å². The van der Waals surface area contributed by atoms with Gasteiger partial charge in [0.25, 0.3) is 0 Å². The predicted octanol–water partition coefficient (Wildman–Crippen LogP) is 4.82. The molecule has 0 aliphatic carbocycles. The minimum Gasteiger partial charge on any atom is -0.491 e. The Morgan fingerprint density at radius 1 is 1.19 bits per heavy atom. The van der Waals surface area contributed by atoms with Crippen molar-refractivity contribution in [2.24, 2.45) is 5.92 Å². The summed E-state index contributed by atoms with van der Waals surface area (Å²) in [5.41, 5.74) is 0.291. The largest absolute Gasteiger partial charge is 0.491 e. The van der Waals surface area contributed by atoms with E-state index in [0.717, 1.165) is 18.9 Å². The summed E-state index contributed by atoms with van der Waals surface area (Å²) in [5, 5.41) is 11.4. The maximum Gasteiger partial charge on any atom is 0.328 e. The minimum atomic E-state index is -1.07. The number of hydrogen-bond acceptors (Lipinski definition) is 4. The third kappa shape index (κ3) is 16.9. The van der Waals surface area contributed by atoms with Crippen LogP contribution >= 0.6 is 0 Å². The first-order chi connectivity index (χ1) is 15.2. The van der Waals surface area contributed by atoms with Crippen LogP contribution in [0.2, 0.25) is 0 Å². The van der Waals surface area contributed by atoms with Gasteiger partial charge in [-0.1, -0.05) is 52.8 Å². The summed E-state index contributed by atoms with van der Waals surface area (Å²) in [4.78, 5) is 36.1. The van der Waals surface area contributed by atoms with E-state index >= 15 is 0 Å². The molecule has 2 amide bonds. The van der Waals surface area contributed by atoms with E-state index in [1.165, 1.54) is 18.2 Å². The SMILES string of the molecule is C=C(NC(=O)CCCCN(C)C(=O)/C=C\C)/C(=C\C=C\C(=O)O)OCCC(C)CC.CC. The molecular weight excluding hydrogens is 408 g/mol. The van der Waals surface area contributed by atoms with Crippen LogP contribution in [0.5, 0.6) is 0 Å². The maximum absolute atomic E-state index is 12.2. The van der Waals surface area contributed by atoms with Crippen molar-refractivity contribution in [1.29, 1.82) is 0 Å². The van der Waals surface area contributed by atoms with E-state index in [1.807, 2.05) is 13.8 Å². The van der Waals surface area contributed by atoms with E-state index in [9.17, 15) is 14.4 Å². The molecule has 0 heterocycles. The number of aliphatic carboxylic acids is 1. The molecule has 1 unspecified atom stereocenters. The molecular formula is C25H42N2O5. The van der Waals surface area contributed by atoms with Gasteiger partial charge < -0.3 is 20.1 Å². The number of allylic oxidation sites excluding steroid dienone is 3. The van der Waals surface area contributed by atoms with E-state index in [1.54, 1.807) is 24.9 Å². The molecule has 0 fully saturated rings. The van der Waals surface area contributed by atoms with Gasteiger partial charge >= 0.3 is 5.97 Å². The molecule has 0 rings (SSSR count). The van der Waals surface area contributed by atoms with Gasteiger partial charge in [0.1, 0.15) is 5.76 Å². The van der Waals surface area contributed by atoms with E-state index in [0.29, 0.717) is 43.4 Å². The lowest BCUT2D eigenvalue weighted by Gasteiger charge is -2.16. The Labute approximate surface area is 193 Å². The summed E-state index contributed by atoms with van der Waals surface area (Å²) in [6.45, 7) is 14.9. The number of carbonyl (C=O) groups is 3. The number of amides is 2. The maximum atomic E-state index is 12.2. The van der Waals surface area contributed by atoms with E-state index in [2.05, 4.69) is 25.7 Å². The second-order valence-electron chi connectivity index (χ2n) is 7.12. The van der Waals surface area contributed by atoms with Crippen molar-refractivity contribution in [3.63, 3.8) is 0 Å². The molecule has 0 aromatic heterocycles. The molecule has 0 bridgehead atoms. The molecule has 0 saturated heterocycles. The summed E-state index contributed by atoms with van der Waals surface area (Å²) in [6.07, 6.45) is 10.5. The van der Waals surface area contributed by atoms with E-state index < -0.39 is 5.97 Å². The molecule has 0 saturated carbocycles. The number of nitrogens with one attached hydrogen (secondary N) is 1. The molecule has 0 aliphatic heterocycles. The highest BCUT2D eigenvalue weighted by atomic mass is 16.5. The molecule has 32 heavy (non-hydrogen) atoms. The number of carboxylic acid groups (broad SMARTS) is 1. The lowest BCUT2D eigenvalue weighted by Crippen LogP contribution is -2.27. The fraction of sp³-hybridized carbons (Fsp3) is 0.560. The summed E-state index contributed by atoms with van der Waals surface area (Å²) < 4.78 is 5.72. The lowest BCUT2D eigenvalue weighted by atomic mass is 10.1. The highest BCUT2D eigenvalue weighted by molar-refractivity contribution is 5.87. The second kappa shape index (κ2) is 20.1. The number of carbonyl (C=O) groups excluding carboxylic acids is 2. The molecule has 0 radical (unpaired) electrons. The second-order valence-corrected chi connectivity index (χ2v) is 7.12. The molecule has 0 aromatic rings. The van der Waals surface area contributed by atoms with Crippen molar-refractivity contribution in [1.82, 2.24) is 10.2 Å². The van der Waals surface area contributed by atoms with Crippen LogP contribution in [0.3, 0.4) is 0 Å². The van der Waals surface area contributed by atoms with Crippen LogP contribution in [-0.4, -0.2) is 48.0 Å². The number of unbranched alkanes of at least 4 members (excludes halogenated alkanes) is 1. The van der Waals surface area contributed by atoms with E-state index in [-0.39, 0.29) is 18.2 Å². The van der Waals surface area contributed by atoms with Crippen molar-refractivity contribution in [2.45, 2.75) is 66.7 Å². The average molecular weight is 451 g/mol. The smallest absolute Gasteiger partial charge is 0.328 e. The first kappa shape index (κ1) is 31.4. The van der Waals surface area contributed by atoms with Gasteiger partial charge in [-0.15, -0.1) is 0 Å². The third-order valence-electron chi connectivity index (χ3n) is 4.47. The first-order valence-electron chi connectivity index (χ1n) is 11.3. The van der Waals surface area contributed by atoms with Crippen LogP contribution in [0.4, 0.5) is 0 Å². The molecule has 0 aliphatic rings. The lowest BCUT2D eigenvalue weighted by molar-refractivity contribution is -0.131. The number of nitrogens with zero attached hydrogens (tertiary/aromatic N) is 1. The summed E-state index contributed by atoms with van der Waals surface area (Å²) in [6, 6.07) is 0. The van der Waals surface area contributed by atoms with Crippen LogP contribution in [0.25, 0.3) is 0 Å². The van der Waals surface area contributed by atoms with Gasteiger partial charge in [-0.3, -0.25) is 9.59 Å². The van der Waals surface area contributed by atoms with E-state index in [4.69, 9.17) is 9.84 Å². The highest BCUT2D eigenvalue weighted by Crippen LogP contribution is 2.12. The van der Waals surface area contributed by atoms with Crippen molar-refractivity contribution in [2.75, 3.05) is 20.2 Å². The van der Waals surface area contributed by atoms with Crippen molar-refractivity contribution in [3.8, 4) is 0 Å². The van der Waals surface area contributed by atoms with Crippen LogP contribution in [0.15, 0.2) is 48.4 Å². The fourth-order valence-electron chi connectivity index (χ4n) is 2.33. The number of hydrogen-bond donors (Lipinski definition) is 2. The van der Waals surface area contributed by atoms with Gasteiger partial charge in [0.2, 0.25) is 11.8 Å². The summed E-state index contributed by atoms with van der Waals surface area (Å²) in [7, 11) is 1.72. The van der Waals surface area contributed by atoms with Crippen molar-refractivity contribution in [3.05, 3.63) is 48.4 Å².